The number of rotatable bonds is 6. The Morgan fingerprint density at radius 3 is 2.94 bits per heavy atom. The maximum Gasteiger partial charge on any atom is 0.169 e. The molecule has 0 saturated heterocycles. The molecule has 0 saturated carbocycles. The molecule has 0 aliphatic carbocycles. The maximum absolute atomic E-state index is 13.6. The number of fused-ring (bicyclic) bond motifs is 1. The van der Waals surface area contributed by atoms with Crippen molar-refractivity contribution in [1.82, 2.24) is 5.32 Å². The van der Waals surface area contributed by atoms with E-state index in [-0.39, 0.29) is 11.9 Å². The first-order chi connectivity index (χ1) is 8.76. The van der Waals surface area contributed by atoms with E-state index < -0.39 is 0 Å². The molecule has 0 aliphatic rings. The molecule has 18 heavy (non-hydrogen) atoms. The van der Waals surface area contributed by atoms with E-state index in [1.165, 1.54) is 6.07 Å². The molecule has 1 N–H and O–H groups in total. The molecule has 0 radical (unpaired) electrons. The van der Waals surface area contributed by atoms with Gasteiger partial charge >= 0.3 is 0 Å². The van der Waals surface area contributed by atoms with Gasteiger partial charge in [0, 0.05) is 5.39 Å². The van der Waals surface area contributed by atoms with Crippen molar-refractivity contribution in [2.24, 2.45) is 0 Å². The van der Waals surface area contributed by atoms with Crippen LogP contribution in [-0.2, 0) is 0 Å². The highest BCUT2D eigenvalue weighted by molar-refractivity contribution is 7.98. The third-order valence-corrected chi connectivity index (χ3v) is 3.56. The molecule has 1 aromatic heterocycles. The lowest BCUT2D eigenvalue weighted by Crippen LogP contribution is -2.20. The van der Waals surface area contributed by atoms with Crippen LogP contribution in [0.5, 0.6) is 0 Å². The Hall–Kier alpha value is -1.00. The predicted octanol–water partition coefficient (Wildman–Crippen LogP) is 3.98. The molecule has 2 rings (SSSR count). The zero-order chi connectivity index (χ0) is 13.0. The average Bonchev–Trinajstić information content (AvgIpc) is 2.80. The molecule has 1 heterocycles. The molecular weight excluding hydrogens is 249 g/mol. The minimum Gasteiger partial charge on any atom is -0.456 e. The SMILES string of the molecule is CCNC(CCSC)c1cc2cccc(F)c2o1. The van der Waals surface area contributed by atoms with Gasteiger partial charge in [0.2, 0.25) is 0 Å². The van der Waals surface area contributed by atoms with Gasteiger partial charge in [-0.1, -0.05) is 19.1 Å². The van der Waals surface area contributed by atoms with E-state index in [4.69, 9.17) is 4.42 Å². The number of thioether (sulfide) groups is 1. The number of hydrogen-bond donors (Lipinski definition) is 1. The van der Waals surface area contributed by atoms with Crippen molar-refractivity contribution in [3.63, 3.8) is 0 Å². The molecule has 4 heteroatoms. The zero-order valence-electron chi connectivity index (χ0n) is 10.7. The summed E-state index contributed by atoms with van der Waals surface area (Å²) in [7, 11) is 0. The lowest BCUT2D eigenvalue weighted by molar-refractivity contribution is 0.423. The standard InChI is InChI=1S/C14H18FNOS/c1-3-16-12(7-8-18-2)13-9-10-5-4-6-11(15)14(10)17-13/h4-6,9,12,16H,3,7-8H2,1-2H3. The van der Waals surface area contributed by atoms with E-state index >= 15 is 0 Å². The number of nitrogens with one attached hydrogen (secondary N) is 1. The first-order valence-corrected chi connectivity index (χ1v) is 7.56. The smallest absolute Gasteiger partial charge is 0.169 e. The fourth-order valence-electron chi connectivity index (χ4n) is 2.05. The Morgan fingerprint density at radius 2 is 2.28 bits per heavy atom. The summed E-state index contributed by atoms with van der Waals surface area (Å²) in [5, 5.41) is 4.22. The van der Waals surface area contributed by atoms with Crippen LogP contribution in [0, 0.1) is 5.82 Å². The van der Waals surface area contributed by atoms with Crippen molar-refractivity contribution in [3.05, 3.63) is 35.8 Å². The van der Waals surface area contributed by atoms with Crippen LogP contribution in [0.3, 0.4) is 0 Å². The predicted molar refractivity (Wildman–Crippen MR) is 75.6 cm³/mol. The quantitative estimate of drug-likeness (QED) is 0.857. The molecule has 2 aromatic rings. The Labute approximate surface area is 111 Å². The molecule has 0 aliphatic heterocycles. The van der Waals surface area contributed by atoms with Crippen LogP contribution in [0.15, 0.2) is 28.7 Å². The second-order valence-electron chi connectivity index (χ2n) is 4.20. The fourth-order valence-corrected chi connectivity index (χ4v) is 2.52. The normalized spacial score (nSPS) is 13.1. The van der Waals surface area contributed by atoms with E-state index in [2.05, 4.69) is 18.5 Å². The summed E-state index contributed by atoms with van der Waals surface area (Å²) in [5.41, 5.74) is 0.361. The van der Waals surface area contributed by atoms with Crippen LogP contribution in [-0.4, -0.2) is 18.6 Å². The van der Waals surface area contributed by atoms with Gasteiger partial charge in [-0.2, -0.15) is 11.8 Å². The zero-order valence-corrected chi connectivity index (χ0v) is 11.5. The Balaban J connectivity index is 2.29. The second kappa shape index (κ2) is 6.25. The van der Waals surface area contributed by atoms with Gasteiger partial charge in [-0.3, -0.25) is 0 Å². The minimum atomic E-state index is -0.293. The minimum absolute atomic E-state index is 0.161. The second-order valence-corrected chi connectivity index (χ2v) is 5.18. The topological polar surface area (TPSA) is 25.2 Å². The summed E-state index contributed by atoms with van der Waals surface area (Å²) in [4.78, 5) is 0. The summed E-state index contributed by atoms with van der Waals surface area (Å²) in [6, 6.07) is 7.12. The van der Waals surface area contributed by atoms with Gasteiger partial charge < -0.3 is 9.73 Å². The maximum atomic E-state index is 13.6. The first-order valence-electron chi connectivity index (χ1n) is 6.16. The van der Waals surface area contributed by atoms with Gasteiger partial charge in [0.1, 0.15) is 5.76 Å². The van der Waals surface area contributed by atoms with Gasteiger partial charge in [0.25, 0.3) is 0 Å². The number of benzene rings is 1. The van der Waals surface area contributed by atoms with E-state index in [1.54, 1.807) is 17.8 Å². The number of para-hydroxylation sites is 1. The lowest BCUT2D eigenvalue weighted by Gasteiger charge is -2.14. The van der Waals surface area contributed by atoms with E-state index in [0.29, 0.717) is 5.58 Å². The monoisotopic (exact) mass is 267 g/mol. The molecule has 1 atom stereocenters. The summed E-state index contributed by atoms with van der Waals surface area (Å²) >= 11 is 1.80. The van der Waals surface area contributed by atoms with Crippen LogP contribution < -0.4 is 5.32 Å². The van der Waals surface area contributed by atoms with Crippen molar-refractivity contribution in [1.29, 1.82) is 0 Å². The van der Waals surface area contributed by atoms with Crippen LogP contribution in [0.25, 0.3) is 11.0 Å². The highest BCUT2D eigenvalue weighted by atomic mass is 32.2. The summed E-state index contributed by atoms with van der Waals surface area (Å²) < 4.78 is 19.2. The van der Waals surface area contributed by atoms with Crippen molar-refractivity contribution < 1.29 is 8.81 Å². The molecule has 98 valence electrons. The van der Waals surface area contributed by atoms with E-state index in [0.717, 1.165) is 29.9 Å². The molecule has 1 aromatic carbocycles. The first kappa shape index (κ1) is 13.4. The van der Waals surface area contributed by atoms with Gasteiger partial charge in [-0.05, 0) is 37.1 Å². The number of hydrogen-bond acceptors (Lipinski definition) is 3. The van der Waals surface area contributed by atoms with Crippen molar-refractivity contribution >= 4 is 22.7 Å². The summed E-state index contributed by atoms with van der Waals surface area (Å²) in [5.74, 6) is 1.59. The molecule has 0 fully saturated rings. The van der Waals surface area contributed by atoms with E-state index in [9.17, 15) is 4.39 Å². The Morgan fingerprint density at radius 1 is 1.44 bits per heavy atom. The third-order valence-electron chi connectivity index (χ3n) is 2.92. The molecular formula is C14H18FNOS. The fraction of sp³-hybridized carbons (Fsp3) is 0.429. The highest BCUT2D eigenvalue weighted by Crippen LogP contribution is 2.28. The molecule has 1 unspecified atom stereocenters. The highest BCUT2D eigenvalue weighted by Gasteiger charge is 2.16. The molecule has 0 bridgehead atoms. The number of furan rings is 1. The van der Waals surface area contributed by atoms with Crippen LogP contribution in [0.4, 0.5) is 4.39 Å². The lowest BCUT2D eigenvalue weighted by atomic mass is 10.1. The van der Waals surface area contributed by atoms with Crippen LogP contribution in [0.2, 0.25) is 0 Å². The van der Waals surface area contributed by atoms with Crippen molar-refractivity contribution in [3.8, 4) is 0 Å². The Bertz CT molecular complexity index is 511. The van der Waals surface area contributed by atoms with Crippen LogP contribution in [0.1, 0.15) is 25.1 Å². The summed E-state index contributed by atoms with van der Waals surface area (Å²) in [6.07, 6.45) is 3.07. The van der Waals surface area contributed by atoms with Gasteiger partial charge in [0.05, 0.1) is 6.04 Å². The molecule has 2 nitrogen and oxygen atoms in total. The Kier molecular flexibility index (Phi) is 4.66. The van der Waals surface area contributed by atoms with Gasteiger partial charge in [-0.15, -0.1) is 0 Å². The largest absolute Gasteiger partial charge is 0.456 e. The van der Waals surface area contributed by atoms with Gasteiger partial charge in [0.15, 0.2) is 11.4 Å². The van der Waals surface area contributed by atoms with Crippen LogP contribution >= 0.6 is 11.8 Å². The average molecular weight is 267 g/mol. The third kappa shape index (κ3) is 2.87. The number of halogens is 1. The summed E-state index contributed by atoms with van der Waals surface area (Å²) in [6.45, 7) is 2.94. The molecule has 0 amide bonds. The van der Waals surface area contributed by atoms with Crippen molar-refractivity contribution in [2.75, 3.05) is 18.6 Å². The van der Waals surface area contributed by atoms with Crippen molar-refractivity contribution in [2.45, 2.75) is 19.4 Å². The van der Waals surface area contributed by atoms with E-state index in [1.807, 2.05) is 12.1 Å². The van der Waals surface area contributed by atoms with Gasteiger partial charge in [-0.25, -0.2) is 4.39 Å². The molecule has 0 spiro atoms.